The summed E-state index contributed by atoms with van der Waals surface area (Å²) in [5, 5.41) is 0. The van der Waals surface area contributed by atoms with Gasteiger partial charge in [0.1, 0.15) is 24.4 Å². The van der Waals surface area contributed by atoms with E-state index in [9.17, 15) is 4.57 Å². The molecule has 3 rings (SSSR count). The third-order valence-corrected chi connectivity index (χ3v) is 9.28. The normalized spacial score (nSPS) is 36.3. The molecule has 0 bridgehead atoms. The predicted octanol–water partition coefficient (Wildman–Crippen LogP) is 6.96. The van der Waals surface area contributed by atoms with Gasteiger partial charge in [-0.05, 0) is 46.0 Å². The van der Waals surface area contributed by atoms with E-state index in [1.54, 1.807) is 0 Å². The average molecular weight is 579 g/mol. The summed E-state index contributed by atoms with van der Waals surface area (Å²) in [5.41, 5.74) is 0. The number of phosphoric ester groups is 1. The van der Waals surface area contributed by atoms with Crippen molar-refractivity contribution in [2.24, 2.45) is 0 Å². The van der Waals surface area contributed by atoms with Gasteiger partial charge < -0.3 is 23.7 Å². The second-order valence-electron chi connectivity index (χ2n) is 11.3. The highest BCUT2D eigenvalue weighted by atomic mass is 31.2. The van der Waals surface area contributed by atoms with Crippen LogP contribution in [0, 0.1) is 0 Å². The summed E-state index contributed by atoms with van der Waals surface area (Å²) in [6, 6.07) is 0. The molecule has 1 saturated carbocycles. The van der Waals surface area contributed by atoms with Crippen molar-refractivity contribution < 1.29 is 41.8 Å². The van der Waals surface area contributed by atoms with Crippen LogP contribution in [-0.4, -0.2) is 75.4 Å². The van der Waals surface area contributed by atoms with Crippen LogP contribution in [0.15, 0.2) is 0 Å². The molecule has 0 aromatic heterocycles. The van der Waals surface area contributed by atoms with Gasteiger partial charge in [-0.1, -0.05) is 59.3 Å². The summed E-state index contributed by atoms with van der Waals surface area (Å²) in [6.07, 6.45) is 8.25. The summed E-state index contributed by atoms with van der Waals surface area (Å²) in [6.45, 7) is 12.3. The minimum absolute atomic E-state index is 0.0392. The number of ether oxygens (including phenoxy) is 5. The Kier molecular flexibility index (Phi) is 15.2. The molecule has 10 heteroatoms. The molecule has 2 saturated heterocycles. The maximum absolute atomic E-state index is 13.8. The van der Waals surface area contributed by atoms with Crippen LogP contribution in [-0.2, 0) is 41.8 Å². The molecule has 7 atom stereocenters. The molecule has 3 aliphatic rings. The van der Waals surface area contributed by atoms with Crippen LogP contribution < -0.4 is 0 Å². The summed E-state index contributed by atoms with van der Waals surface area (Å²) in [4.78, 5) is 0. The standard InChI is InChI=1S/C29H55O9P/c1-6-9-17-31-21-25-26(32-18-10-7-2)27(33-19-11-8-3)28(29(35-25)34-24-15-13-12-14-16-24)38-39(30)36-22(4)20-23(5)37-39/h22-29H,6-21H2,1-5H3/t22-,23-,25?,26?,27?,28?,29?/m1/s1. The molecule has 2 heterocycles. The molecule has 5 unspecified atom stereocenters. The number of hydrogen-bond acceptors (Lipinski definition) is 9. The summed E-state index contributed by atoms with van der Waals surface area (Å²) < 4.78 is 63.9. The van der Waals surface area contributed by atoms with E-state index in [2.05, 4.69) is 20.8 Å². The largest absolute Gasteiger partial charge is 0.475 e. The smallest absolute Gasteiger partial charge is 0.379 e. The Balaban J connectivity index is 1.90. The lowest BCUT2D eigenvalue weighted by Gasteiger charge is -2.47. The molecular weight excluding hydrogens is 523 g/mol. The third-order valence-electron chi connectivity index (χ3n) is 7.54. The highest BCUT2D eigenvalue weighted by Gasteiger charge is 2.53. The number of unbranched alkanes of at least 4 members (excludes halogenated alkanes) is 3. The van der Waals surface area contributed by atoms with E-state index in [0.717, 1.165) is 64.2 Å². The number of phosphoric acid groups is 1. The average Bonchev–Trinajstić information content (AvgIpc) is 2.89. The van der Waals surface area contributed by atoms with Gasteiger partial charge in [0, 0.05) is 26.2 Å². The molecule has 0 aromatic rings. The first-order valence-corrected chi connectivity index (χ1v) is 17.1. The zero-order valence-corrected chi connectivity index (χ0v) is 25.9. The van der Waals surface area contributed by atoms with E-state index in [0.29, 0.717) is 32.8 Å². The maximum atomic E-state index is 13.8. The Labute approximate surface area is 236 Å². The van der Waals surface area contributed by atoms with Gasteiger partial charge in [-0.2, -0.15) is 0 Å². The first kappa shape index (κ1) is 33.4. The SMILES string of the molecule is CCCCOCC1OC(OC2CCCCC2)C(OP2(=O)O[C@H](C)C[C@@H](C)O2)C(OCCCC)C1OCCCC. The van der Waals surface area contributed by atoms with Gasteiger partial charge >= 0.3 is 7.82 Å². The molecule has 0 spiro atoms. The lowest BCUT2D eigenvalue weighted by Crippen LogP contribution is -2.62. The predicted molar refractivity (Wildman–Crippen MR) is 150 cm³/mol. The van der Waals surface area contributed by atoms with Gasteiger partial charge in [0.2, 0.25) is 0 Å². The van der Waals surface area contributed by atoms with Gasteiger partial charge in [0.15, 0.2) is 6.29 Å². The number of hydrogen-bond donors (Lipinski definition) is 0. The molecule has 0 amide bonds. The lowest BCUT2D eigenvalue weighted by molar-refractivity contribution is -0.323. The van der Waals surface area contributed by atoms with Crippen molar-refractivity contribution in [3.8, 4) is 0 Å². The first-order valence-electron chi connectivity index (χ1n) is 15.7. The minimum Gasteiger partial charge on any atom is -0.379 e. The Morgan fingerprint density at radius 3 is 1.97 bits per heavy atom. The van der Waals surface area contributed by atoms with Crippen LogP contribution >= 0.6 is 7.82 Å². The zero-order chi connectivity index (χ0) is 28.1. The fraction of sp³-hybridized carbons (Fsp3) is 1.00. The van der Waals surface area contributed by atoms with Crippen molar-refractivity contribution in [3.63, 3.8) is 0 Å². The molecule has 1 aliphatic carbocycles. The van der Waals surface area contributed by atoms with Gasteiger partial charge in [-0.15, -0.1) is 0 Å². The quantitative estimate of drug-likeness (QED) is 0.134. The van der Waals surface area contributed by atoms with Crippen molar-refractivity contribution >= 4 is 7.82 Å². The van der Waals surface area contributed by atoms with Crippen molar-refractivity contribution in [2.45, 2.75) is 161 Å². The highest BCUT2D eigenvalue weighted by molar-refractivity contribution is 7.48. The van der Waals surface area contributed by atoms with Crippen LogP contribution in [0.1, 0.15) is 112 Å². The molecule has 230 valence electrons. The Bertz CT molecular complexity index is 690. The molecule has 0 N–H and O–H groups in total. The molecular formula is C29H55O9P. The molecule has 3 fully saturated rings. The second-order valence-corrected chi connectivity index (χ2v) is 12.9. The van der Waals surface area contributed by atoms with E-state index in [-0.39, 0.29) is 18.3 Å². The lowest BCUT2D eigenvalue weighted by atomic mass is 9.96. The van der Waals surface area contributed by atoms with Gasteiger partial charge in [-0.3, -0.25) is 13.6 Å². The highest BCUT2D eigenvalue weighted by Crippen LogP contribution is 2.57. The van der Waals surface area contributed by atoms with Crippen LogP contribution in [0.3, 0.4) is 0 Å². The van der Waals surface area contributed by atoms with Crippen molar-refractivity contribution in [2.75, 3.05) is 26.4 Å². The van der Waals surface area contributed by atoms with Crippen molar-refractivity contribution in [3.05, 3.63) is 0 Å². The van der Waals surface area contributed by atoms with E-state index in [1.165, 1.54) is 6.42 Å². The topological polar surface area (TPSA) is 90.9 Å². The fourth-order valence-corrected chi connectivity index (χ4v) is 7.13. The molecule has 0 radical (unpaired) electrons. The minimum atomic E-state index is -3.90. The summed E-state index contributed by atoms with van der Waals surface area (Å²) >= 11 is 0. The summed E-state index contributed by atoms with van der Waals surface area (Å²) in [5.74, 6) is 0. The van der Waals surface area contributed by atoms with E-state index in [1.807, 2.05) is 13.8 Å². The van der Waals surface area contributed by atoms with Crippen LogP contribution in [0.25, 0.3) is 0 Å². The van der Waals surface area contributed by atoms with Crippen molar-refractivity contribution in [1.82, 2.24) is 0 Å². The van der Waals surface area contributed by atoms with Crippen LogP contribution in [0.4, 0.5) is 0 Å². The Hall–Kier alpha value is -0.0900. The Morgan fingerprint density at radius 1 is 0.769 bits per heavy atom. The molecule has 0 aromatic carbocycles. The third kappa shape index (κ3) is 10.9. The van der Waals surface area contributed by atoms with E-state index >= 15 is 0 Å². The second kappa shape index (κ2) is 17.8. The van der Waals surface area contributed by atoms with Gasteiger partial charge in [0.25, 0.3) is 0 Å². The maximum Gasteiger partial charge on any atom is 0.475 e. The first-order chi connectivity index (χ1) is 18.9. The Morgan fingerprint density at radius 2 is 1.36 bits per heavy atom. The fourth-order valence-electron chi connectivity index (χ4n) is 5.41. The molecule has 9 nitrogen and oxygen atoms in total. The van der Waals surface area contributed by atoms with Gasteiger partial charge in [0.05, 0.1) is 24.9 Å². The van der Waals surface area contributed by atoms with Crippen LogP contribution in [0.2, 0.25) is 0 Å². The van der Waals surface area contributed by atoms with E-state index in [4.69, 9.17) is 37.3 Å². The molecule has 39 heavy (non-hydrogen) atoms. The van der Waals surface area contributed by atoms with Gasteiger partial charge in [-0.25, -0.2) is 4.57 Å². The summed E-state index contributed by atoms with van der Waals surface area (Å²) in [7, 11) is -3.90. The van der Waals surface area contributed by atoms with Crippen LogP contribution in [0.5, 0.6) is 0 Å². The number of rotatable bonds is 17. The van der Waals surface area contributed by atoms with E-state index < -0.39 is 38.5 Å². The molecule has 2 aliphatic heterocycles. The van der Waals surface area contributed by atoms with Crippen molar-refractivity contribution in [1.29, 1.82) is 0 Å². The zero-order valence-electron chi connectivity index (χ0n) is 25.1. The monoisotopic (exact) mass is 578 g/mol.